The number of thioether (sulfide) groups is 1. The summed E-state index contributed by atoms with van der Waals surface area (Å²) in [5.74, 6) is 0.414. The van der Waals surface area contributed by atoms with E-state index in [1.165, 1.54) is 27.7 Å². The van der Waals surface area contributed by atoms with Crippen LogP contribution < -0.4 is 15.6 Å². The molecule has 0 aliphatic heterocycles. The zero-order chi connectivity index (χ0) is 19.7. The van der Waals surface area contributed by atoms with Crippen molar-refractivity contribution in [2.75, 3.05) is 12.4 Å². The van der Waals surface area contributed by atoms with Crippen LogP contribution in [-0.4, -0.2) is 27.8 Å². The van der Waals surface area contributed by atoms with Crippen LogP contribution in [0, 0.1) is 13.8 Å². The number of rotatable bonds is 5. The molecule has 2 aromatic heterocycles. The SMILES string of the molecule is COc1ccccc1NC(=O)C(C)Sc1nc2sc(C)c(C)c2c(=O)n1C. The summed E-state index contributed by atoms with van der Waals surface area (Å²) in [6, 6.07) is 7.24. The molecule has 142 valence electrons. The number of anilines is 1. The number of aromatic nitrogens is 2. The van der Waals surface area contributed by atoms with E-state index >= 15 is 0 Å². The number of hydrogen-bond acceptors (Lipinski definition) is 6. The van der Waals surface area contributed by atoms with Crippen LogP contribution in [-0.2, 0) is 11.8 Å². The predicted molar refractivity (Wildman–Crippen MR) is 111 cm³/mol. The minimum absolute atomic E-state index is 0.0818. The van der Waals surface area contributed by atoms with Crippen LogP contribution in [0.15, 0.2) is 34.2 Å². The molecule has 1 unspecified atom stereocenters. The zero-order valence-electron chi connectivity index (χ0n) is 15.8. The lowest BCUT2D eigenvalue weighted by molar-refractivity contribution is -0.115. The number of amides is 1. The first kappa shape index (κ1) is 19.4. The summed E-state index contributed by atoms with van der Waals surface area (Å²) in [6.07, 6.45) is 0. The number of carbonyl (C=O) groups excluding carboxylic acids is 1. The van der Waals surface area contributed by atoms with Crippen molar-refractivity contribution in [2.24, 2.45) is 7.05 Å². The molecule has 3 rings (SSSR count). The summed E-state index contributed by atoms with van der Waals surface area (Å²) in [4.78, 5) is 31.7. The maximum Gasteiger partial charge on any atom is 0.262 e. The Labute approximate surface area is 165 Å². The number of nitrogens with zero attached hydrogens (tertiary/aromatic N) is 2. The van der Waals surface area contributed by atoms with Crippen LogP contribution in [0.4, 0.5) is 5.69 Å². The fourth-order valence-corrected chi connectivity index (χ4v) is 4.60. The molecule has 0 bridgehead atoms. The second-order valence-electron chi connectivity index (χ2n) is 6.17. The monoisotopic (exact) mass is 403 g/mol. The fraction of sp³-hybridized carbons (Fsp3) is 0.316. The van der Waals surface area contributed by atoms with Crippen LogP contribution >= 0.6 is 23.1 Å². The Kier molecular flexibility index (Phi) is 5.57. The Morgan fingerprint density at radius 3 is 2.74 bits per heavy atom. The molecular formula is C19H21N3O3S2. The summed E-state index contributed by atoms with van der Waals surface area (Å²) in [7, 11) is 3.25. The molecule has 1 atom stereocenters. The summed E-state index contributed by atoms with van der Waals surface area (Å²) >= 11 is 2.76. The number of ether oxygens (including phenoxy) is 1. The van der Waals surface area contributed by atoms with Gasteiger partial charge in [0.25, 0.3) is 5.56 Å². The van der Waals surface area contributed by atoms with Crippen LogP contribution in [0.2, 0.25) is 0 Å². The molecule has 1 amide bonds. The topological polar surface area (TPSA) is 73.2 Å². The lowest BCUT2D eigenvalue weighted by atomic mass is 10.2. The highest BCUT2D eigenvalue weighted by Crippen LogP contribution is 2.30. The summed E-state index contributed by atoms with van der Waals surface area (Å²) in [5.41, 5.74) is 1.50. The van der Waals surface area contributed by atoms with Gasteiger partial charge in [0.05, 0.1) is 23.4 Å². The molecule has 8 heteroatoms. The Balaban J connectivity index is 1.85. The van der Waals surface area contributed by atoms with Crippen LogP contribution in [0.25, 0.3) is 10.2 Å². The molecule has 0 saturated carbocycles. The number of nitrogens with one attached hydrogen (secondary N) is 1. The van der Waals surface area contributed by atoms with Crippen molar-refractivity contribution in [3.8, 4) is 5.75 Å². The lowest BCUT2D eigenvalue weighted by Crippen LogP contribution is -2.25. The van der Waals surface area contributed by atoms with E-state index in [-0.39, 0.29) is 11.5 Å². The van der Waals surface area contributed by atoms with Crippen molar-refractivity contribution in [3.05, 3.63) is 45.1 Å². The van der Waals surface area contributed by atoms with Crippen LogP contribution in [0.3, 0.4) is 0 Å². The van der Waals surface area contributed by atoms with Crippen molar-refractivity contribution < 1.29 is 9.53 Å². The Morgan fingerprint density at radius 1 is 1.33 bits per heavy atom. The molecule has 2 heterocycles. The minimum Gasteiger partial charge on any atom is -0.495 e. The number of methoxy groups -OCH3 is 1. The number of hydrogen-bond donors (Lipinski definition) is 1. The zero-order valence-corrected chi connectivity index (χ0v) is 17.5. The molecule has 0 radical (unpaired) electrons. The van der Waals surface area contributed by atoms with Gasteiger partial charge in [-0.05, 0) is 38.5 Å². The standard InChI is InChI=1S/C19H21N3O3S2/c1-10-11(2)26-17-15(10)18(24)22(4)19(21-17)27-12(3)16(23)20-13-8-6-7-9-14(13)25-5/h6-9,12H,1-5H3,(H,20,23). The molecule has 0 aliphatic carbocycles. The van der Waals surface area contributed by atoms with Crippen molar-refractivity contribution in [1.82, 2.24) is 9.55 Å². The van der Waals surface area contributed by atoms with Gasteiger partial charge in [0.15, 0.2) is 5.16 Å². The second kappa shape index (κ2) is 7.74. The number of para-hydroxylation sites is 2. The highest BCUT2D eigenvalue weighted by atomic mass is 32.2. The first-order valence-electron chi connectivity index (χ1n) is 8.40. The summed E-state index contributed by atoms with van der Waals surface area (Å²) in [5, 5.41) is 3.62. The van der Waals surface area contributed by atoms with Crippen LogP contribution in [0.1, 0.15) is 17.4 Å². The lowest BCUT2D eigenvalue weighted by Gasteiger charge is -2.15. The van der Waals surface area contributed by atoms with E-state index in [0.29, 0.717) is 26.8 Å². The van der Waals surface area contributed by atoms with Gasteiger partial charge in [0.2, 0.25) is 5.91 Å². The van der Waals surface area contributed by atoms with Crippen molar-refractivity contribution >= 4 is 44.9 Å². The van der Waals surface area contributed by atoms with Crippen molar-refractivity contribution in [3.63, 3.8) is 0 Å². The molecule has 0 aliphatic rings. The molecular weight excluding hydrogens is 382 g/mol. The number of thiophene rings is 1. The van der Waals surface area contributed by atoms with E-state index in [0.717, 1.165) is 10.4 Å². The predicted octanol–water partition coefficient (Wildman–Crippen LogP) is 3.74. The number of aryl methyl sites for hydroxylation is 2. The maximum atomic E-state index is 12.7. The molecule has 6 nitrogen and oxygen atoms in total. The van der Waals surface area contributed by atoms with E-state index in [1.54, 1.807) is 33.2 Å². The first-order chi connectivity index (χ1) is 12.8. The molecule has 1 N–H and O–H groups in total. The molecule has 1 aromatic carbocycles. The molecule has 27 heavy (non-hydrogen) atoms. The average molecular weight is 404 g/mol. The normalized spacial score (nSPS) is 12.2. The van der Waals surface area contributed by atoms with E-state index < -0.39 is 5.25 Å². The highest BCUT2D eigenvalue weighted by molar-refractivity contribution is 8.00. The fourth-order valence-electron chi connectivity index (χ4n) is 2.66. The van der Waals surface area contributed by atoms with Gasteiger partial charge >= 0.3 is 0 Å². The van der Waals surface area contributed by atoms with Gasteiger partial charge in [-0.25, -0.2) is 4.98 Å². The van der Waals surface area contributed by atoms with Crippen LogP contribution in [0.5, 0.6) is 5.75 Å². The Morgan fingerprint density at radius 2 is 2.04 bits per heavy atom. The average Bonchev–Trinajstić information content (AvgIpc) is 2.93. The quantitative estimate of drug-likeness (QED) is 0.519. The van der Waals surface area contributed by atoms with E-state index in [9.17, 15) is 9.59 Å². The van der Waals surface area contributed by atoms with Gasteiger partial charge in [-0.1, -0.05) is 23.9 Å². The molecule has 0 fully saturated rings. The summed E-state index contributed by atoms with van der Waals surface area (Å²) < 4.78 is 6.78. The number of benzene rings is 1. The van der Waals surface area contributed by atoms with Gasteiger partial charge in [0.1, 0.15) is 10.6 Å². The Bertz CT molecular complexity index is 1070. The molecule has 0 saturated heterocycles. The second-order valence-corrected chi connectivity index (χ2v) is 8.68. The van der Waals surface area contributed by atoms with Crippen molar-refractivity contribution in [2.45, 2.75) is 31.2 Å². The van der Waals surface area contributed by atoms with E-state index in [2.05, 4.69) is 10.3 Å². The third-order valence-electron chi connectivity index (χ3n) is 4.39. The maximum absolute atomic E-state index is 12.7. The minimum atomic E-state index is -0.437. The molecule has 0 spiro atoms. The van der Waals surface area contributed by atoms with Gasteiger partial charge in [-0.3, -0.25) is 14.2 Å². The smallest absolute Gasteiger partial charge is 0.262 e. The Hall–Kier alpha value is -2.32. The van der Waals surface area contributed by atoms with E-state index in [1.807, 2.05) is 26.0 Å². The third kappa shape index (κ3) is 3.72. The molecule has 3 aromatic rings. The highest BCUT2D eigenvalue weighted by Gasteiger charge is 2.21. The van der Waals surface area contributed by atoms with Gasteiger partial charge in [-0.2, -0.15) is 0 Å². The third-order valence-corrected chi connectivity index (χ3v) is 6.63. The van der Waals surface area contributed by atoms with Gasteiger partial charge in [-0.15, -0.1) is 11.3 Å². The van der Waals surface area contributed by atoms with Gasteiger partial charge in [0, 0.05) is 11.9 Å². The number of fused-ring (bicyclic) bond motifs is 1. The van der Waals surface area contributed by atoms with Crippen molar-refractivity contribution in [1.29, 1.82) is 0 Å². The van der Waals surface area contributed by atoms with E-state index in [4.69, 9.17) is 4.74 Å². The summed E-state index contributed by atoms with van der Waals surface area (Å²) in [6.45, 7) is 5.71. The number of carbonyl (C=O) groups is 1. The largest absolute Gasteiger partial charge is 0.495 e. The van der Waals surface area contributed by atoms with Gasteiger partial charge < -0.3 is 10.1 Å². The first-order valence-corrected chi connectivity index (χ1v) is 10.1.